The van der Waals surface area contributed by atoms with Crippen LogP contribution in [0.15, 0.2) is 24.3 Å². The van der Waals surface area contributed by atoms with Gasteiger partial charge in [0.2, 0.25) is 0 Å². The highest BCUT2D eigenvalue weighted by atomic mass is 16.5. The Morgan fingerprint density at radius 3 is 2.74 bits per heavy atom. The van der Waals surface area contributed by atoms with Crippen LogP contribution in [0, 0.1) is 0 Å². The molecule has 1 fully saturated rings. The first kappa shape index (κ1) is 14.4. The number of unbranched alkanes of at least 4 members (excludes halogenated alkanes) is 1. The Labute approximate surface area is 117 Å². The number of hydrogen-bond acceptors (Lipinski definition) is 2. The minimum atomic E-state index is 0.365. The average molecular weight is 261 g/mol. The fourth-order valence-electron chi connectivity index (χ4n) is 2.74. The molecule has 0 aromatic heterocycles. The first-order valence-electron chi connectivity index (χ1n) is 7.80. The Bertz CT molecular complexity index is 371. The van der Waals surface area contributed by atoms with Crippen molar-refractivity contribution in [2.45, 2.75) is 64.5 Å². The van der Waals surface area contributed by atoms with Gasteiger partial charge in [0.1, 0.15) is 5.75 Å². The van der Waals surface area contributed by atoms with Crippen LogP contribution in [0.2, 0.25) is 0 Å². The van der Waals surface area contributed by atoms with E-state index in [1.165, 1.54) is 44.1 Å². The van der Waals surface area contributed by atoms with Crippen LogP contribution in [0.1, 0.15) is 64.0 Å². The maximum atomic E-state index is 6.19. The second-order valence-electron chi connectivity index (χ2n) is 5.59. The van der Waals surface area contributed by atoms with E-state index >= 15 is 0 Å². The lowest BCUT2D eigenvalue weighted by molar-refractivity contribution is 0.206. The Morgan fingerprint density at radius 2 is 2.00 bits per heavy atom. The van der Waals surface area contributed by atoms with Gasteiger partial charge in [-0.25, -0.2) is 0 Å². The van der Waals surface area contributed by atoms with Crippen molar-refractivity contribution in [3.63, 3.8) is 0 Å². The van der Waals surface area contributed by atoms with Crippen molar-refractivity contribution in [1.29, 1.82) is 0 Å². The fraction of sp³-hybridized carbons (Fsp3) is 0.647. The molecule has 0 aliphatic heterocycles. The Kier molecular flexibility index (Phi) is 5.71. The number of para-hydroxylation sites is 1. The van der Waals surface area contributed by atoms with E-state index in [1.807, 2.05) is 0 Å². The number of hydrogen-bond donors (Lipinski definition) is 1. The van der Waals surface area contributed by atoms with Gasteiger partial charge in [-0.05, 0) is 51.6 Å². The summed E-state index contributed by atoms with van der Waals surface area (Å²) in [7, 11) is 0. The number of ether oxygens (including phenoxy) is 1. The van der Waals surface area contributed by atoms with E-state index in [1.54, 1.807) is 0 Å². The van der Waals surface area contributed by atoms with E-state index in [4.69, 9.17) is 4.74 Å². The standard InChI is InChI=1S/C17H27NO/c1-3-4-13-18-14(2)16-11-7-8-12-17(16)19-15-9-5-6-10-15/h7-8,11-12,14-15,18H,3-6,9-10,13H2,1-2H3/t14-/m0/s1. The van der Waals surface area contributed by atoms with Crippen molar-refractivity contribution in [3.8, 4) is 5.75 Å². The molecule has 1 saturated carbocycles. The Balaban J connectivity index is 1.98. The van der Waals surface area contributed by atoms with Crippen LogP contribution in [-0.4, -0.2) is 12.6 Å². The third-order valence-electron chi connectivity index (χ3n) is 3.96. The summed E-state index contributed by atoms with van der Waals surface area (Å²) in [5.74, 6) is 1.07. The van der Waals surface area contributed by atoms with Gasteiger partial charge in [0, 0.05) is 11.6 Å². The SMILES string of the molecule is CCCCN[C@@H](C)c1ccccc1OC1CCCC1. The van der Waals surface area contributed by atoms with Crippen LogP contribution in [0.5, 0.6) is 5.75 Å². The molecule has 2 nitrogen and oxygen atoms in total. The highest BCUT2D eigenvalue weighted by Gasteiger charge is 2.19. The molecule has 1 aliphatic rings. The highest BCUT2D eigenvalue weighted by Crippen LogP contribution is 2.29. The Morgan fingerprint density at radius 1 is 1.26 bits per heavy atom. The van der Waals surface area contributed by atoms with Gasteiger partial charge < -0.3 is 10.1 Å². The zero-order valence-corrected chi connectivity index (χ0v) is 12.3. The molecule has 1 aliphatic carbocycles. The van der Waals surface area contributed by atoms with E-state index in [9.17, 15) is 0 Å². The van der Waals surface area contributed by atoms with Gasteiger partial charge >= 0.3 is 0 Å². The largest absolute Gasteiger partial charge is 0.490 e. The van der Waals surface area contributed by atoms with Crippen LogP contribution in [0.4, 0.5) is 0 Å². The van der Waals surface area contributed by atoms with Crippen LogP contribution >= 0.6 is 0 Å². The summed E-state index contributed by atoms with van der Waals surface area (Å²) in [6.07, 6.45) is 7.96. The topological polar surface area (TPSA) is 21.3 Å². The van der Waals surface area contributed by atoms with Crippen molar-refractivity contribution in [1.82, 2.24) is 5.32 Å². The summed E-state index contributed by atoms with van der Waals surface area (Å²) < 4.78 is 6.19. The van der Waals surface area contributed by atoms with Crippen molar-refractivity contribution in [3.05, 3.63) is 29.8 Å². The molecule has 0 heterocycles. The molecular formula is C17H27NO. The molecular weight excluding hydrogens is 234 g/mol. The summed E-state index contributed by atoms with van der Waals surface area (Å²) in [5, 5.41) is 3.59. The summed E-state index contributed by atoms with van der Waals surface area (Å²) in [5.41, 5.74) is 1.30. The summed E-state index contributed by atoms with van der Waals surface area (Å²) >= 11 is 0. The van der Waals surface area contributed by atoms with E-state index in [0.29, 0.717) is 12.1 Å². The maximum absolute atomic E-state index is 6.19. The molecule has 2 heteroatoms. The number of benzene rings is 1. The lowest BCUT2D eigenvalue weighted by Crippen LogP contribution is -2.21. The van der Waals surface area contributed by atoms with Crippen LogP contribution in [-0.2, 0) is 0 Å². The van der Waals surface area contributed by atoms with Crippen LogP contribution < -0.4 is 10.1 Å². The fourth-order valence-corrected chi connectivity index (χ4v) is 2.74. The van der Waals surface area contributed by atoms with Crippen LogP contribution in [0.3, 0.4) is 0 Å². The molecule has 1 aromatic carbocycles. The normalized spacial score (nSPS) is 17.6. The highest BCUT2D eigenvalue weighted by molar-refractivity contribution is 5.35. The molecule has 2 rings (SSSR count). The van der Waals surface area contributed by atoms with Gasteiger partial charge in [0.15, 0.2) is 0 Å². The molecule has 0 saturated heterocycles. The maximum Gasteiger partial charge on any atom is 0.124 e. The number of rotatable bonds is 7. The molecule has 0 unspecified atom stereocenters. The monoisotopic (exact) mass is 261 g/mol. The third-order valence-corrected chi connectivity index (χ3v) is 3.96. The van der Waals surface area contributed by atoms with Crippen molar-refractivity contribution in [2.24, 2.45) is 0 Å². The summed E-state index contributed by atoms with van der Waals surface area (Å²) in [6, 6.07) is 8.85. The quantitative estimate of drug-likeness (QED) is 0.732. The molecule has 19 heavy (non-hydrogen) atoms. The summed E-state index contributed by atoms with van der Waals surface area (Å²) in [6.45, 7) is 5.53. The second-order valence-corrected chi connectivity index (χ2v) is 5.59. The van der Waals surface area contributed by atoms with Crippen molar-refractivity contribution >= 4 is 0 Å². The lowest BCUT2D eigenvalue weighted by Gasteiger charge is -2.21. The van der Waals surface area contributed by atoms with Gasteiger partial charge in [0.05, 0.1) is 6.10 Å². The van der Waals surface area contributed by atoms with Gasteiger partial charge in [-0.15, -0.1) is 0 Å². The van der Waals surface area contributed by atoms with Gasteiger partial charge in [-0.3, -0.25) is 0 Å². The molecule has 0 radical (unpaired) electrons. The lowest BCUT2D eigenvalue weighted by atomic mass is 10.1. The predicted molar refractivity (Wildman–Crippen MR) is 80.7 cm³/mol. The van der Waals surface area contributed by atoms with Gasteiger partial charge in [-0.2, -0.15) is 0 Å². The zero-order valence-electron chi connectivity index (χ0n) is 12.3. The van der Waals surface area contributed by atoms with E-state index in [2.05, 4.69) is 43.4 Å². The summed E-state index contributed by atoms with van der Waals surface area (Å²) in [4.78, 5) is 0. The first-order valence-corrected chi connectivity index (χ1v) is 7.80. The molecule has 1 atom stereocenters. The minimum absolute atomic E-state index is 0.365. The molecule has 106 valence electrons. The van der Waals surface area contributed by atoms with Crippen molar-refractivity contribution < 1.29 is 4.74 Å². The molecule has 0 spiro atoms. The molecule has 1 aromatic rings. The van der Waals surface area contributed by atoms with Crippen molar-refractivity contribution in [2.75, 3.05) is 6.54 Å². The molecule has 0 bridgehead atoms. The van der Waals surface area contributed by atoms with Crippen LogP contribution in [0.25, 0.3) is 0 Å². The third kappa shape index (κ3) is 4.24. The predicted octanol–water partition coefficient (Wildman–Crippen LogP) is 4.46. The molecule has 0 amide bonds. The van der Waals surface area contributed by atoms with E-state index in [-0.39, 0.29) is 0 Å². The number of nitrogens with one attached hydrogen (secondary N) is 1. The Hall–Kier alpha value is -1.02. The van der Waals surface area contributed by atoms with Gasteiger partial charge in [-0.1, -0.05) is 31.5 Å². The molecule has 1 N–H and O–H groups in total. The minimum Gasteiger partial charge on any atom is -0.490 e. The smallest absolute Gasteiger partial charge is 0.124 e. The first-order chi connectivity index (χ1) is 9.31. The zero-order chi connectivity index (χ0) is 13.5. The average Bonchev–Trinajstić information content (AvgIpc) is 2.92. The van der Waals surface area contributed by atoms with Gasteiger partial charge in [0.25, 0.3) is 0 Å². The van der Waals surface area contributed by atoms with E-state index in [0.717, 1.165) is 12.3 Å². The second kappa shape index (κ2) is 7.54. The van der Waals surface area contributed by atoms with E-state index < -0.39 is 0 Å².